The first-order chi connectivity index (χ1) is 10.4. The van der Waals surface area contributed by atoms with E-state index in [0.717, 1.165) is 23.9 Å². The van der Waals surface area contributed by atoms with Crippen LogP contribution in [0.3, 0.4) is 0 Å². The number of thiophene rings is 1. The van der Waals surface area contributed by atoms with Gasteiger partial charge in [-0.2, -0.15) is 0 Å². The summed E-state index contributed by atoms with van der Waals surface area (Å²) in [5.74, 6) is 1.91. The molecule has 1 aliphatic heterocycles. The monoisotopic (exact) mass is 304 g/mol. The molecule has 0 amide bonds. The second-order valence-corrected chi connectivity index (χ2v) is 8.36. The number of nitrogens with zero attached hydrogens (tertiary/aromatic N) is 1. The minimum atomic E-state index is 0.750. The molecule has 3 fully saturated rings. The summed E-state index contributed by atoms with van der Waals surface area (Å²) in [4.78, 5) is 4.36. The zero-order valence-corrected chi connectivity index (χ0v) is 13.8. The Morgan fingerprint density at radius 2 is 1.95 bits per heavy atom. The average Bonchev–Trinajstić information content (AvgIpc) is 3.25. The highest BCUT2D eigenvalue weighted by atomic mass is 32.1. The third kappa shape index (κ3) is 3.35. The summed E-state index contributed by atoms with van der Waals surface area (Å²) in [5.41, 5.74) is 0. The first-order valence-electron chi connectivity index (χ1n) is 8.90. The molecular weight excluding hydrogens is 276 g/mol. The van der Waals surface area contributed by atoms with Gasteiger partial charge in [-0.25, -0.2) is 0 Å². The van der Waals surface area contributed by atoms with Crippen LogP contribution in [-0.4, -0.2) is 30.1 Å². The lowest BCUT2D eigenvalue weighted by Crippen LogP contribution is -2.59. The van der Waals surface area contributed by atoms with Crippen LogP contribution in [0.1, 0.15) is 49.8 Å². The molecule has 4 rings (SSSR count). The maximum Gasteiger partial charge on any atom is 0.0332 e. The van der Waals surface area contributed by atoms with Crippen molar-refractivity contribution in [2.75, 3.05) is 13.1 Å². The molecule has 2 nitrogen and oxygen atoms in total. The normalized spacial score (nSPS) is 32.4. The smallest absolute Gasteiger partial charge is 0.0332 e. The molecule has 116 valence electrons. The zero-order valence-electron chi connectivity index (χ0n) is 13.0. The minimum absolute atomic E-state index is 0.750. The lowest BCUT2D eigenvalue weighted by Gasteiger charge is -2.44. The van der Waals surface area contributed by atoms with Crippen LogP contribution in [0.5, 0.6) is 0 Å². The molecule has 1 N–H and O–H groups in total. The van der Waals surface area contributed by atoms with Crippen molar-refractivity contribution in [2.45, 2.75) is 63.6 Å². The highest BCUT2D eigenvalue weighted by Crippen LogP contribution is 2.38. The molecule has 3 heteroatoms. The molecule has 2 saturated carbocycles. The molecule has 2 aliphatic carbocycles. The quantitative estimate of drug-likeness (QED) is 0.908. The highest BCUT2D eigenvalue weighted by Gasteiger charge is 2.40. The van der Waals surface area contributed by atoms with Crippen LogP contribution in [0.4, 0.5) is 0 Å². The molecule has 21 heavy (non-hydrogen) atoms. The Kier molecular flexibility index (Phi) is 4.33. The minimum Gasteiger partial charge on any atom is -0.311 e. The Morgan fingerprint density at radius 1 is 1.10 bits per heavy atom. The summed E-state index contributed by atoms with van der Waals surface area (Å²) in [5, 5.41) is 6.16. The number of piperazine rings is 1. The number of hydrogen-bond donors (Lipinski definition) is 1. The van der Waals surface area contributed by atoms with Crippen LogP contribution in [0.15, 0.2) is 17.5 Å². The fraction of sp³-hybridized carbons (Fsp3) is 0.778. The number of rotatable bonds is 4. The summed E-state index contributed by atoms with van der Waals surface area (Å²) < 4.78 is 0. The zero-order chi connectivity index (χ0) is 14.1. The molecule has 0 bridgehead atoms. The number of nitrogens with one attached hydrogen (secondary N) is 1. The lowest BCUT2D eigenvalue weighted by molar-refractivity contribution is 0.0791. The topological polar surface area (TPSA) is 15.3 Å². The van der Waals surface area contributed by atoms with Crippen molar-refractivity contribution in [2.24, 2.45) is 11.8 Å². The van der Waals surface area contributed by atoms with E-state index < -0.39 is 0 Å². The van der Waals surface area contributed by atoms with E-state index in [1.807, 2.05) is 11.3 Å². The molecule has 0 spiro atoms. The second-order valence-electron chi connectivity index (χ2n) is 7.33. The van der Waals surface area contributed by atoms with Crippen LogP contribution >= 0.6 is 11.3 Å². The Morgan fingerprint density at radius 3 is 2.67 bits per heavy atom. The highest BCUT2D eigenvalue weighted by molar-refractivity contribution is 7.09. The summed E-state index contributed by atoms with van der Waals surface area (Å²) in [6.07, 6.45) is 10.2. The standard InChI is InChI=1S/C18H28N2S/c1-2-5-14(6-3-1)17-13-20(12-16-7-4-10-21-16)18(11-19-17)15-8-9-15/h4,7,10,14-15,17-19H,1-3,5-6,8-9,11-13H2. The Labute approximate surface area is 132 Å². The molecule has 1 saturated heterocycles. The van der Waals surface area contributed by atoms with Crippen LogP contribution in [-0.2, 0) is 6.54 Å². The van der Waals surface area contributed by atoms with Crippen molar-refractivity contribution < 1.29 is 0 Å². The van der Waals surface area contributed by atoms with E-state index in [2.05, 4.69) is 27.7 Å². The lowest BCUT2D eigenvalue weighted by atomic mass is 9.82. The third-order valence-electron chi connectivity index (χ3n) is 5.81. The maximum atomic E-state index is 3.93. The van der Waals surface area contributed by atoms with E-state index in [4.69, 9.17) is 0 Å². The molecule has 1 aromatic rings. The van der Waals surface area contributed by atoms with E-state index in [-0.39, 0.29) is 0 Å². The molecule has 0 aromatic carbocycles. The van der Waals surface area contributed by atoms with Crippen molar-refractivity contribution in [1.29, 1.82) is 0 Å². The van der Waals surface area contributed by atoms with Gasteiger partial charge in [-0.3, -0.25) is 4.90 Å². The van der Waals surface area contributed by atoms with E-state index in [0.29, 0.717) is 0 Å². The van der Waals surface area contributed by atoms with E-state index in [1.165, 1.54) is 64.6 Å². The molecule has 1 aromatic heterocycles. The van der Waals surface area contributed by atoms with Crippen molar-refractivity contribution >= 4 is 11.3 Å². The molecule has 2 unspecified atom stereocenters. The van der Waals surface area contributed by atoms with Crippen molar-refractivity contribution in [3.8, 4) is 0 Å². The largest absolute Gasteiger partial charge is 0.311 e. The molecular formula is C18H28N2S. The predicted molar refractivity (Wildman–Crippen MR) is 89.6 cm³/mol. The van der Waals surface area contributed by atoms with Crippen molar-refractivity contribution in [3.05, 3.63) is 22.4 Å². The van der Waals surface area contributed by atoms with Gasteiger partial charge in [0.2, 0.25) is 0 Å². The van der Waals surface area contributed by atoms with Crippen LogP contribution in [0, 0.1) is 11.8 Å². The number of hydrogen-bond acceptors (Lipinski definition) is 3. The van der Waals surface area contributed by atoms with Gasteiger partial charge in [-0.05, 0) is 49.0 Å². The summed E-state index contributed by atoms with van der Waals surface area (Å²) in [6, 6.07) is 6.06. The van der Waals surface area contributed by atoms with E-state index in [9.17, 15) is 0 Å². The van der Waals surface area contributed by atoms with Gasteiger partial charge in [0.25, 0.3) is 0 Å². The Hall–Kier alpha value is -0.380. The van der Waals surface area contributed by atoms with Gasteiger partial charge < -0.3 is 5.32 Å². The van der Waals surface area contributed by atoms with Gasteiger partial charge in [0.05, 0.1) is 0 Å². The SMILES string of the molecule is c1csc(CN2CC(C3CCCCC3)NCC2C2CC2)c1. The van der Waals surface area contributed by atoms with E-state index in [1.54, 1.807) is 4.88 Å². The second kappa shape index (κ2) is 6.39. The van der Waals surface area contributed by atoms with Gasteiger partial charge >= 0.3 is 0 Å². The van der Waals surface area contributed by atoms with Gasteiger partial charge in [0.1, 0.15) is 0 Å². The fourth-order valence-electron chi connectivity index (χ4n) is 4.44. The first kappa shape index (κ1) is 14.2. The van der Waals surface area contributed by atoms with E-state index >= 15 is 0 Å². The Balaban J connectivity index is 1.43. The van der Waals surface area contributed by atoms with Crippen molar-refractivity contribution in [3.63, 3.8) is 0 Å². The average molecular weight is 305 g/mol. The van der Waals surface area contributed by atoms with Crippen LogP contribution in [0.25, 0.3) is 0 Å². The first-order valence-corrected chi connectivity index (χ1v) is 9.78. The molecule has 0 radical (unpaired) electrons. The molecule has 2 heterocycles. The van der Waals surface area contributed by atoms with Gasteiger partial charge in [0, 0.05) is 36.6 Å². The van der Waals surface area contributed by atoms with Crippen molar-refractivity contribution in [1.82, 2.24) is 10.2 Å². The Bertz CT molecular complexity index is 434. The summed E-state index contributed by atoms with van der Waals surface area (Å²) in [6.45, 7) is 3.70. The fourth-order valence-corrected chi connectivity index (χ4v) is 5.17. The predicted octanol–water partition coefficient (Wildman–Crippen LogP) is 3.88. The van der Waals surface area contributed by atoms with Gasteiger partial charge in [0.15, 0.2) is 0 Å². The van der Waals surface area contributed by atoms with Gasteiger partial charge in [-0.15, -0.1) is 11.3 Å². The maximum absolute atomic E-state index is 3.93. The van der Waals surface area contributed by atoms with Crippen LogP contribution in [0.2, 0.25) is 0 Å². The summed E-state index contributed by atoms with van der Waals surface area (Å²) in [7, 11) is 0. The van der Waals surface area contributed by atoms with Gasteiger partial charge in [-0.1, -0.05) is 25.3 Å². The third-order valence-corrected chi connectivity index (χ3v) is 6.67. The molecule has 3 aliphatic rings. The molecule has 2 atom stereocenters. The van der Waals surface area contributed by atoms with Crippen LogP contribution < -0.4 is 5.32 Å². The summed E-state index contributed by atoms with van der Waals surface area (Å²) >= 11 is 1.93.